The highest BCUT2D eigenvalue weighted by molar-refractivity contribution is 5.66. The lowest BCUT2D eigenvalue weighted by Gasteiger charge is -2.49. The predicted molar refractivity (Wildman–Crippen MR) is 104 cm³/mol. The lowest BCUT2D eigenvalue weighted by atomic mass is 9.79. The van der Waals surface area contributed by atoms with Gasteiger partial charge in [0.25, 0.3) is 0 Å². The maximum Gasteiger partial charge on any atom is 0.151 e. The first-order valence-corrected chi connectivity index (χ1v) is 9.96. The van der Waals surface area contributed by atoms with Gasteiger partial charge in [0.05, 0.1) is 19.3 Å². The molecule has 2 atom stereocenters. The summed E-state index contributed by atoms with van der Waals surface area (Å²) in [7, 11) is 1.65. The van der Waals surface area contributed by atoms with E-state index in [1.165, 1.54) is 12.8 Å². The van der Waals surface area contributed by atoms with Gasteiger partial charge in [-0.1, -0.05) is 23.7 Å². The zero-order chi connectivity index (χ0) is 18.7. The number of para-hydroxylation sites is 1. The van der Waals surface area contributed by atoms with Crippen LogP contribution in [0.3, 0.4) is 0 Å². The minimum Gasteiger partial charge on any atom is -0.496 e. The SMILES string of the molecule is COc1ccccc1-c1cc(CNC[C@]2(O)CCCN3CCCC[C@@H]32)on1. The number of rotatable bonds is 6. The molecule has 0 spiro atoms. The van der Waals surface area contributed by atoms with Gasteiger partial charge in [-0.25, -0.2) is 0 Å². The van der Waals surface area contributed by atoms with Crippen molar-refractivity contribution in [2.45, 2.75) is 50.3 Å². The van der Waals surface area contributed by atoms with Gasteiger partial charge in [0.2, 0.25) is 0 Å². The topological polar surface area (TPSA) is 70.8 Å². The standard InChI is InChI=1S/C21H29N3O3/c1-26-19-8-3-2-7-17(19)18-13-16(27-23-18)14-22-15-21(25)10-6-12-24-11-5-4-9-20(21)24/h2-3,7-8,13,20,22,25H,4-6,9-12,14-15H2,1H3/t20-,21-/m1/s1. The van der Waals surface area contributed by atoms with Gasteiger partial charge >= 0.3 is 0 Å². The number of benzene rings is 1. The molecule has 0 amide bonds. The van der Waals surface area contributed by atoms with E-state index in [1.54, 1.807) is 7.11 Å². The Morgan fingerprint density at radius 1 is 1.30 bits per heavy atom. The Kier molecular flexibility index (Phi) is 5.48. The average molecular weight is 371 g/mol. The second-order valence-electron chi connectivity index (χ2n) is 7.74. The van der Waals surface area contributed by atoms with Gasteiger partial charge in [-0.05, 0) is 50.9 Å². The predicted octanol–water partition coefficient (Wildman–Crippen LogP) is 2.82. The Labute approximate surface area is 160 Å². The molecule has 0 bridgehead atoms. The lowest BCUT2D eigenvalue weighted by molar-refractivity contribution is -0.0921. The molecule has 0 radical (unpaired) electrons. The molecule has 2 aliphatic heterocycles. The molecule has 27 heavy (non-hydrogen) atoms. The number of hydrogen-bond acceptors (Lipinski definition) is 6. The number of methoxy groups -OCH3 is 1. The van der Waals surface area contributed by atoms with Crippen molar-refractivity contribution < 1.29 is 14.4 Å². The highest BCUT2D eigenvalue weighted by Gasteiger charge is 2.43. The molecule has 146 valence electrons. The van der Waals surface area contributed by atoms with Gasteiger partial charge < -0.3 is 19.7 Å². The van der Waals surface area contributed by atoms with Crippen LogP contribution >= 0.6 is 0 Å². The minimum atomic E-state index is -0.649. The first kappa shape index (κ1) is 18.5. The van der Waals surface area contributed by atoms with E-state index in [0.717, 1.165) is 55.1 Å². The van der Waals surface area contributed by atoms with E-state index in [1.807, 2.05) is 30.3 Å². The van der Waals surface area contributed by atoms with Gasteiger partial charge in [-0.2, -0.15) is 0 Å². The summed E-state index contributed by atoms with van der Waals surface area (Å²) >= 11 is 0. The van der Waals surface area contributed by atoms with Gasteiger partial charge in [0.1, 0.15) is 11.4 Å². The van der Waals surface area contributed by atoms with Crippen LogP contribution in [0.1, 0.15) is 37.9 Å². The van der Waals surface area contributed by atoms with Crippen molar-refractivity contribution >= 4 is 0 Å². The Morgan fingerprint density at radius 2 is 2.15 bits per heavy atom. The fraction of sp³-hybridized carbons (Fsp3) is 0.571. The van der Waals surface area contributed by atoms with Crippen molar-refractivity contribution in [2.24, 2.45) is 0 Å². The Hall–Kier alpha value is -1.89. The third-order valence-electron chi connectivity index (χ3n) is 5.96. The first-order valence-electron chi connectivity index (χ1n) is 9.96. The summed E-state index contributed by atoms with van der Waals surface area (Å²) in [6, 6.07) is 9.99. The summed E-state index contributed by atoms with van der Waals surface area (Å²) in [4.78, 5) is 2.48. The maximum absolute atomic E-state index is 11.2. The van der Waals surface area contributed by atoms with E-state index < -0.39 is 5.60 Å². The van der Waals surface area contributed by atoms with Crippen molar-refractivity contribution in [3.63, 3.8) is 0 Å². The number of piperidine rings is 2. The van der Waals surface area contributed by atoms with E-state index in [-0.39, 0.29) is 6.04 Å². The molecule has 3 heterocycles. The largest absolute Gasteiger partial charge is 0.496 e. The maximum atomic E-state index is 11.2. The third kappa shape index (κ3) is 3.88. The summed E-state index contributed by atoms with van der Waals surface area (Å²) in [6.45, 7) is 3.38. The van der Waals surface area contributed by atoms with E-state index in [0.29, 0.717) is 13.1 Å². The van der Waals surface area contributed by atoms with E-state index in [9.17, 15) is 5.11 Å². The molecule has 6 heteroatoms. The number of nitrogens with zero attached hydrogens (tertiary/aromatic N) is 2. The number of aliphatic hydroxyl groups is 1. The van der Waals surface area contributed by atoms with Crippen LogP contribution < -0.4 is 10.1 Å². The van der Waals surface area contributed by atoms with Gasteiger partial charge in [0, 0.05) is 24.2 Å². The fourth-order valence-electron chi connectivity index (χ4n) is 4.61. The van der Waals surface area contributed by atoms with Crippen LogP contribution in [0.5, 0.6) is 5.75 Å². The van der Waals surface area contributed by atoms with Crippen molar-refractivity contribution in [1.29, 1.82) is 0 Å². The molecule has 0 aliphatic carbocycles. The number of aromatic nitrogens is 1. The summed E-state index contributed by atoms with van der Waals surface area (Å²) in [5, 5.41) is 18.8. The Balaban J connectivity index is 1.37. The quantitative estimate of drug-likeness (QED) is 0.814. The number of hydrogen-bond donors (Lipinski definition) is 2. The molecular formula is C21H29N3O3. The van der Waals surface area contributed by atoms with Crippen molar-refractivity contribution in [3.05, 3.63) is 36.1 Å². The molecule has 2 fully saturated rings. The van der Waals surface area contributed by atoms with Crippen LogP contribution in [0.4, 0.5) is 0 Å². The molecule has 4 rings (SSSR count). The Bertz CT molecular complexity index is 761. The molecule has 1 aromatic heterocycles. The number of ether oxygens (including phenoxy) is 1. The molecule has 1 aromatic carbocycles. The highest BCUT2D eigenvalue weighted by atomic mass is 16.5. The molecule has 0 saturated carbocycles. The average Bonchev–Trinajstić information content (AvgIpc) is 3.17. The van der Waals surface area contributed by atoms with Crippen LogP contribution in [-0.2, 0) is 6.54 Å². The molecule has 2 aromatic rings. The van der Waals surface area contributed by atoms with Crippen LogP contribution in [0.2, 0.25) is 0 Å². The molecular weight excluding hydrogens is 342 g/mol. The molecule has 0 unspecified atom stereocenters. The molecule has 6 nitrogen and oxygen atoms in total. The van der Waals surface area contributed by atoms with E-state index in [4.69, 9.17) is 9.26 Å². The molecule has 2 saturated heterocycles. The first-order chi connectivity index (χ1) is 13.2. The Morgan fingerprint density at radius 3 is 3.04 bits per heavy atom. The van der Waals surface area contributed by atoms with E-state index >= 15 is 0 Å². The van der Waals surface area contributed by atoms with Crippen LogP contribution in [0.15, 0.2) is 34.9 Å². The van der Waals surface area contributed by atoms with Crippen LogP contribution in [0, 0.1) is 0 Å². The summed E-state index contributed by atoms with van der Waals surface area (Å²) < 4.78 is 10.9. The fourth-order valence-corrected chi connectivity index (χ4v) is 4.61. The zero-order valence-corrected chi connectivity index (χ0v) is 16.0. The number of nitrogens with one attached hydrogen (secondary N) is 1. The second kappa shape index (κ2) is 8.00. The van der Waals surface area contributed by atoms with Crippen LogP contribution in [-0.4, -0.2) is 53.6 Å². The zero-order valence-electron chi connectivity index (χ0n) is 16.0. The lowest BCUT2D eigenvalue weighted by Crippen LogP contribution is -2.62. The van der Waals surface area contributed by atoms with Crippen molar-refractivity contribution in [2.75, 3.05) is 26.7 Å². The van der Waals surface area contributed by atoms with E-state index in [2.05, 4.69) is 15.4 Å². The van der Waals surface area contributed by atoms with Gasteiger partial charge in [-0.3, -0.25) is 4.90 Å². The molecule has 2 N–H and O–H groups in total. The summed E-state index contributed by atoms with van der Waals surface area (Å²) in [5.74, 6) is 1.54. The smallest absolute Gasteiger partial charge is 0.151 e. The highest BCUT2D eigenvalue weighted by Crippen LogP contribution is 2.34. The van der Waals surface area contributed by atoms with Gasteiger partial charge in [0.15, 0.2) is 5.76 Å². The summed E-state index contributed by atoms with van der Waals surface area (Å²) in [5.41, 5.74) is 1.03. The van der Waals surface area contributed by atoms with Gasteiger partial charge in [-0.15, -0.1) is 0 Å². The van der Waals surface area contributed by atoms with Crippen molar-refractivity contribution in [1.82, 2.24) is 15.4 Å². The summed E-state index contributed by atoms with van der Waals surface area (Å²) in [6.07, 6.45) is 5.50. The minimum absolute atomic E-state index is 0.284. The van der Waals surface area contributed by atoms with Crippen molar-refractivity contribution in [3.8, 4) is 17.0 Å². The second-order valence-corrected chi connectivity index (χ2v) is 7.74. The van der Waals surface area contributed by atoms with Crippen LogP contribution in [0.25, 0.3) is 11.3 Å². The molecule has 2 aliphatic rings. The third-order valence-corrected chi connectivity index (χ3v) is 5.96. The monoisotopic (exact) mass is 371 g/mol. The number of fused-ring (bicyclic) bond motifs is 1. The normalized spacial score (nSPS) is 25.9.